The molecule has 1 aromatic carbocycles. The third kappa shape index (κ3) is 2.23. The summed E-state index contributed by atoms with van der Waals surface area (Å²) >= 11 is 0. The van der Waals surface area contributed by atoms with Crippen molar-refractivity contribution in [2.24, 2.45) is 0 Å². The number of amides is 5. The van der Waals surface area contributed by atoms with Gasteiger partial charge in [0.2, 0.25) is 0 Å². The Kier molecular flexibility index (Phi) is 3.44. The number of carbonyl (C=O) groups excluding carboxylic acids is 3. The van der Waals surface area contributed by atoms with E-state index in [9.17, 15) is 14.4 Å². The fraction of sp³-hybridized carbons (Fsp3) is 0.471. The first-order valence-corrected chi connectivity index (χ1v) is 8.41. The maximum absolute atomic E-state index is 12.7. The van der Waals surface area contributed by atoms with Gasteiger partial charge in [0, 0.05) is 24.6 Å². The highest BCUT2D eigenvalue weighted by Crippen LogP contribution is 2.40. The third-order valence-corrected chi connectivity index (χ3v) is 5.23. The molecule has 1 saturated carbocycles. The van der Waals surface area contributed by atoms with E-state index in [-0.39, 0.29) is 18.0 Å². The smallest absolute Gasteiger partial charge is 0.322 e. The molecule has 7 heteroatoms. The Bertz CT molecular complexity index is 714. The summed E-state index contributed by atoms with van der Waals surface area (Å²) in [4.78, 5) is 38.4. The number of fused-ring (bicyclic) bond motifs is 2. The van der Waals surface area contributed by atoms with Gasteiger partial charge in [-0.2, -0.15) is 0 Å². The highest BCUT2D eigenvalue weighted by Gasteiger charge is 2.51. The van der Waals surface area contributed by atoms with E-state index in [2.05, 4.69) is 16.0 Å². The normalized spacial score (nSPS) is 26.2. The van der Waals surface area contributed by atoms with Crippen LogP contribution in [0.3, 0.4) is 0 Å². The van der Waals surface area contributed by atoms with Crippen molar-refractivity contribution in [3.8, 4) is 0 Å². The maximum atomic E-state index is 12.7. The number of benzene rings is 1. The quantitative estimate of drug-likeness (QED) is 0.684. The molecule has 0 radical (unpaired) electrons. The van der Waals surface area contributed by atoms with Crippen LogP contribution >= 0.6 is 0 Å². The van der Waals surface area contributed by atoms with Crippen LogP contribution in [0.5, 0.6) is 0 Å². The topological polar surface area (TPSA) is 90.5 Å². The molecule has 1 atom stereocenters. The molecule has 3 N–H and O–H groups in total. The van der Waals surface area contributed by atoms with E-state index < -0.39 is 11.6 Å². The summed E-state index contributed by atoms with van der Waals surface area (Å²) in [6.07, 6.45) is 4.70. The van der Waals surface area contributed by atoms with Gasteiger partial charge in [-0.15, -0.1) is 0 Å². The first-order chi connectivity index (χ1) is 11.6. The molecular weight excluding hydrogens is 308 g/mol. The van der Waals surface area contributed by atoms with E-state index in [1.807, 2.05) is 18.2 Å². The van der Waals surface area contributed by atoms with Gasteiger partial charge < -0.3 is 10.6 Å². The molecule has 3 aliphatic rings. The van der Waals surface area contributed by atoms with Crippen LogP contribution in [0.1, 0.15) is 37.7 Å². The predicted molar refractivity (Wildman–Crippen MR) is 87.5 cm³/mol. The number of hydrogen-bond donors (Lipinski definition) is 3. The molecule has 2 heterocycles. The van der Waals surface area contributed by atoms with E-state index in [0.717, 1.165) is 25.7 Å². The van der Waals surface area contributed by atoms with E-state index in [4.69, 9.17) is 0 Å². The average molecular weight is 328 g/mol. The number of carbonyl (C=O) groups is 3. The highest BCUT2D eigenvalue weighted by molar-refractivity contribution is 6.09. The second-order valence-electron chi connectivity index (χ2n) is 6.66. The summed E-state index contributed by atoms with van der Waals surface area (Å²) in [5.74, 6) is -0.351. The van der Waals surface area contributed by atoms with Crippen molar-refractivity contribution in [3.05, 3.63) is 29.8 Å². The summed E-state index contributed by atoms with van der Waals surface area (Å²) in [5, 5.41) is 8.15. The summed E-state index contributed by atoms with van der Waals surface area (Å²) in [6.45, 7) is 0.378. The maximum Gasteiger partial charge on any atom is 0.322 e. The molecule has 1 spiro atoms. The molecular formula is C17H20N4O3. The standard InChI is InChI=1S/C17H20N4O3/c22-14-17(20-15(23)19-14)9-10-21(13-8-4-3-7-12(13)17)16(24)18-11-5-1-2-6-11/h3-4,7-8,11H,1-2,5-6,9-10H2,(H,18,24)(H2,19,20,22,23). The predicted octanol–water partition coefficient (Wildman–Crippen LogP) is 1.58. The Balaban J connectivity index is 1.65. The minimum Gasteiger partial charge on any atom is -0.335 e. The summed E-state index contributed by atoms with van der Waals surface area (Å²) in [6, 6.07) is 6.89. The molecule has 5 amide bonds. The fourth-order valence-electron chi connectivity index (χ4n) is 4.00. The van der Waals surface area contributed by atoms with Crippen molar-refractivity contribution >= 4 is 23.7 Å². The van der Waals surface area contributed by atoms with Gasteiger partial charge in [0.25, 0.3) is 5.91 Å². The van der Waals surface area contributed by atoms with Crippen molar-refractivity contribution < 1.29 is 14.4 Å². The molecule has 7 nitrogen and oxygen atoms in total. The Hall–Kier alpha value is -2.57. The van der Waals surface area contributed by atoms with Crippen molar-refractivity contribution in [1.29, 1.82) is 0 Å². The lowest BCUT2D eigenvalue weighted by molar-refractivity contribution is -0.124. The molecule has 4 rings (SSSR count). The Morgan fingerprint density at radius 2 is 1.96 bits per heavy atom. The Morgan fingerprint density at radius 3 is 2.67 bits per heavy atom. The van der Waals surface area contributed by atoms with Gasteiger partial charge in [-0.05, 0) is 18.9 Å². The number of rotatable bonds is 1. The minimum atomic E-state index is -1.07. The van der Waals surface area contributed by atoms with Crippen molar-refractivity contribution in [2.45, 2.75) is 43.7 Å². The van der Waals surface area contributed by atoms with Crippen LogP contribution in [0.2, 0.25) is 0 Å². The van der Waals surface area contributed by atoms with E-state index in [1.165, 1.54) is 0 Å². The van der Waals surface area contributed by atoms with Crippen LogP contribution in [0.25, 0.3) is 0 Å². The zero-order chi connectivity index (χ0) is 16.7. The van der Waals surface area contributed by atoms with Crippen LogP contribution in [0.4, 0.5) is 15.3 Å². The lowest BCUT2D eigenvalue weighted by Crippen LogP contribution is -2.54. The number of imide groups is 1. The molecule has 0 bridgehead atoms. The van der Waals surface area contributed by atoms with Gasteiger partial charge in [0.05, 0.1) is 5.69 Å². The molecule has 1 saturated heterocycles. The summed E-state index contributed by atoms with van der Waals surface area (Å²) in [7, 11) is 0. The molecule has 126 valence electrons. The minimum absolute atomic E-state index is 0.131. The Labute approximate surface area is 139 Å². The largest absolute Gasteiger partial charge is 0.335 e. The molecule has 24 heavy (non-hydrogen) atoms. The number of para-hydroxylation sites is 1. The number of anilines is 1. The zero-order valence-electron chi connectivity index (χ0n) is 13.3. The number of urea groups is 2. The first kappa shape index (κ1) is 15.0. The van der Waals surface area contributed by atoms with Crippen LogP contribution in [-0.2, 0) is 10.3 Å². The summed E-state index contributed by atoms with van der Waals surface area (Å²) in [5.41, 5.74) is 0.274. The Morgan fingerprint density at radius 1 is 1.21 bits per heavy atom. The lowest BCUT2D eigenvalue weighted by atomic mass is 9.82. The van der Waals surface area contributed by atoms with Crippen LogP contribution in [0.15, 0.2) is 24.3 Å². The van der Waals surface area contributed by atoms with Gasteiger partial charge in [-0.1, -0.05) is 31.0 Å². The monoisotopic (exact) mass is 328 g/mol. The molecule has 0 aromatic heterocycles. The SMILES string of the molecule is O=C1NC(=O)C2(CCN(C(=O)NC3CCCC3)c3ccccc32)N1. The fourth-order valence-corrected chi connectivity index (χ4v) is 4.00. The molecule has 1 aliphatic carbocycles. The van der Waals surface area contributed by atoms with Crippen molar-refractivity contribution in [3.63, 3.8) is 0 Å². The average Bonchev–Trinajstić information content (AvgIpc) is 3.16. The number of hydrogen-bond acceptors (Lipinski definition) is 3. The van der Waals surface area contributed by atoms with Crippen molar-refractivity contribution in [1.82, 2.24) is 16.0 Å². The van der Waals surface area contributed by atoms with Crippen LogP contribution in [-0.4, -0.2) is 30.6 Å². The molecule has 2 fully saturated rings. The van der Waals surface area contributed by atoms with Crippen molar-refractivity contribution in [2.75, 3.05) is 11.4 Å². The second-order valence-corrected chi connectivity index (χ2v) is 6.66. The highest BCUT2D eigenvalue weighted by atomic mass is 16.2. The van der Waals surface area contributed by atoms with Gasteiger partial charge in [-0.3, -0.25) is 15.0 Å². The molecule has 2 aliphatic heterocycles. The van der Waals surface area contributed by atoms with Gasteiger partial charge in [0.1, 0.15) is 5.54 Å². The first-order valence-electron chi connectivity index (χ1n) is 8.41. The zero-order valence-corrected chi connectivity index (χ0v) is 13.3. The number of nitrogens with zero attached hydrogens (tertiary/aromatic N) is 1. The van der Waals surface area contributed by atoms with E-state index in [0.29, 0.717) is 24.2 Å². The molecule has 1 unspecified atom stereocenters. The van der Waals surface area contributed by atoms with Gasteiger partial charge >= 0.3 is 12.1 Å². The third-order valence-electron chi connectivity index (χ3n) is 5.23. The van der Waals surface area contributed by atoms with E-state index in [1.54, 1.807) is 11.0 Å². The van der Waals surface area contributed by atoms with Crippen LogP contribution < -0.4 is 20.9 Å². The van der Waals surface area contributed by atoms with Gasteiger partial charge in [0.15, 0.2) is 0 Å². The number of nitrogens with one attached hydrogen (secondary N) is 3. The van der Waals surface area contributed by atoms with E-state index >= 15 is 0 Å². The van der Waals surface area contributed by atoms with Crippen LogP contribution in [0, 0.1) is 0 Å². The summed E-state index contributed by atoms with van der Waals surface area (Å²) < 4.78 is 0. The molecule has 1 aromatic rings. The lowest BCUT2D eigenvalue weighted by Gasteiger charge is -2.39. The van der Waals surface area contributed by atoms with Gasteiger partial charge in [-0.25, -0.2) is 9.59 Å². The second kappa shape index (κ2) is 5.51.